The third-order valence-electron chi connectivity index (χ3n) is 8.67. The number of hydrogen-bond donors (Lipinski definition) is 1. The monoisotopic (exact) mass is 577 g/mol. The van der Waals surface area contributed by atoms with Gasteiger partial charge in [-0.2, -0.15) is 15.2 Å². The highest BCUT2D eigenvalue weighted by Gasteiger charge is 2.39. The van der Waals surface area contributed by atoms with E-state index in [1.807, 2.05) is 4.90 Å². The average Bonchev–Trinajstić information content (AvgIpc) is 3.16. The largest absolute Gasteiger partial charge is 0.506 e. The van der Waals surface area contributed by atoms with Gasteiger partial charge < -0.3 is 29.4 Å². The number of halogens is 1. The zero-order valence-electron chi connectivity index (χ0n) is 24.6. The van der Waals surface area contributed by atoms with E-state index in [4.69, 9.17) is 14.7 Å². The highest BCUT2D eigenvalue weighted by molar-refractivity contribution is 5.87. The number of nitrogens with zero attached hydrogens (tertiary/aromatic N) is 7. The standard InChI is InChI=1S/C31H40FN7O3/c1-4-27(41)39-17-16-38(18-22(39)11-14-33)29-23-8-6-15-37(28-24(32)9-5-10-26(28)40)19-25(23)34-30(35-29)42-21-31(12-7-13-31)20-36(2)3/h4-5,9-10,22,40H,1,6-8,11-13,15-21H2,2-3H3/t22-/m0/s1. The molecule has 1 N–H and O–H groups in total. The van der Waals surface area contributed by atoms with Crippen LogP contribution >= 0.6 is 0 Å². The number of anilines is 2. The number of carbonyl (C=O) groups excluding carboxylic acids is 1. The lowest BCUT2D eigenvalue weighted by Gasteiger charge is -2.43. The summed E-state index contributed by atoms with van der Waals surface area (Å²) < 4.78 is 21.2. The van der Waals surface area contributed by atoms with E-state index >= 15 is 0 Å². The van der Waals surface area contributed by atoms with E-state index in [1.54, 1.807) is 4.90 Å². The highest BCUT2D eigenvalue weighted by Crippen LogP contribution is 2.42. The summed E-state index contributed by atoms with van der Waals surface area (Å²) in [6.45, 7) is 7.28. The number of nitriles is 1. The minimum atomic E-state index is -0.484. The number of carbonyl (C=O) groups is 1. The Balaban J connectivity index is 1.50. The molecular formula is C31H40FN7O3. The van der Waals surface area contributed by atoms with E-state index in [2.05, 4.69) is 36.5 Å². The van der Waals surface area contributed by atoms with Crippen molar-refractivity contribution in [3.05, 3.63) is 47.9 Å². The molecule has 0 spiro atoms. The molecule has 0 unspecified atom stereocenters. The second-order valence-electron chi connectivity index (χ2n) is 12.0. The van der Waals surface area contributed by atoms with Gasteiger partial charge in [0.05, 0.1) is 37.4 Å². The van der Waals surface area contributed by atoms with Crippen molar-refractivity contribution in [3.63, 3.8) is 0 Å². The maximum absolute atomic E-state index is 14.9. The predicted octanol–water partition coefficient (Wildman–Crippen LogP) is 3.50. The Morgan fingerprint density at radius 1 is 1.26 bits per heavy atom. The average molecular weight is 578 g/mol. The Hall–Kier alpha value is -3.91. The zero-order chi connectivity index (χ0) is 29.9. The molecule has 1 aliphatic carbocycles. The van der Waals surface area contributed by atoms with Crippen molar-refractivity contribution >= 4 is 17.4 Å². The number of ether oxygens (including phenoxy) is 1. The van der Waals surface area contributed by atoms with Gasteiger partial charge in [-0.1, -0.05) is 19.1 Å². The van der Waals surface area contributed by atoms with Gasteiger partial charge in [0.1, 0.15) is 23.1 Å². The SMILES string of the molecule is C=CC(=O)N1CCN(c2nc(OCC3(CN(C)C)CCC3)nc3c2CCCN(c2c(O)cccc2F)C3)C[C@@H]1CC#N. The topological polar surface area (TPSA) is 109 Å². The second-order valence-corrected chi connectivity index (χ2v) is 12.0. The molecule has 0 bridgehead atoms. The van der Waals surface area contributed by atoms with Crippen LogP contribution in [-0.4, -0.2) is 90.2 Å². The van der Waals surface area contributed by atoms with Crippen molar-refractivity contribution in [3.8, 4) is 17.8 Å². The lowest BCUT2D eigenvalue weighted by atomic mass is 9.69. The molecule has 1 atom stereocenters. The molecule has 0 radical (unpaired) electrons. The van der Waals surface area contributed by atoms with Crippen molar-refractivity contribution in [1.82, 2.24) is 19.8 Å². The quantitative estimate of drug-likeness (QED) is 0.448. The molecule has 2 fully saturated rings. The summed E-state index contributed by atoms with van der Waals surface area (Å²) in [5, 5.41) is 20.0. The number of phenolic OH excluding ortho intramolecular Hbond substituents is 1. The van der Waals surface area contributed by atoms with Gasteiger partial charge in [-0.3, -0.25) is 4.79 Å². The molecule has 2 aromatic rings. The van der Waals surface area contributed by atoms with Gasteiger partial charge in [-0.15, -0.1) is 0 Å². The van der Waals surface area contributed by atoms with Crippen molar-refractivity contribution in [2.75, 3.05) is 63.2 Å². The predicted molar refractivity (Wildman–Crippen MR) is 158 cm³/mol. The van der Waals surface area contributed by atoms with E-state index in [0.717, 1.165) is 36.5 Å². The maximum atomic E-state index is 14.9. The molecule has 42 heavy (non-hydrogen) atoms. The minimum absolute atomic E-state index is 0.0549. The van der Waals surface area contributed by atoms with Crippen LogP contribution < -0.4 is 14.5 Å². The molecule has 3 aliphatic rings. The van der Waals surface area contributed by atoms with E-state index in [0.29, 0.717) is 45.6 Å². The van der Waals surface area contributed by atoms with Gasteiger partial charge in [0.15, 0.2) is 0 Å². The number of rotatable bonds is 9. The Morgan fingerprint density at radius 3 is 2.74 bits per heavy atom. The second kappa shape index (κ2) is 12.5. The fourth-order valence-corrected chi connectivity index (χ4v) is 6.57. The van der Waals surface area contributed by atoms with Crippen molar-refractivity contribution < 1.29 is 19.0 Å². The van der Waals surface area contributed by atoms with E-state index < -0.39 is 5.82 Å². The van der Waals surface area contributed by atoms with Gasteiger partial charge in [0.25, 0.3) is 0 Å². The molecule has 224 valence electrons. The molecule has 1 saturated heterocycles. The Kier molecular flexibility index (Phi) is 8.82. The maximum Gasteiger partial charge on any atom is 0.318 e. The van der Waals surface area contributed by atoms with Crippen LogP contribution in [0.4, 0.5) is 15.9 Å². The number of piperazine rings is 1. The molecule has 5 rings (SSSR count). The molecule has 2 aliphatic heterocycles. The van der Waals surface area contributed by atoms with E-state index in [-0.39, 0.29) is 47.8 Å². The molecule has 1 aromatic heterocycles. The third-order valence-corrected chi connectivity index (χ3v) is 8.67. The summed E-state index contributed by atoms with van der Waals surface area (Å²) in [6.07, 6.45) is 6.19. The van der Waals surface area contributed by atoms with Gasteiger partial charge in [-0.25, -0.2) is 4.39 Å². The Morgan fingerprint density at radius 2 is 2.07 bits per heavy atom. The first-order valence-electron chi connectivity index (χ1n) is 14.7. The van der Waals surface area contributed by atoms with Crippen LogP contribution in [-0.2, 0) is 17.8 Å². The third kappa shape index (κ3) is 6.14. The summed E-state index contributed by atoms with van der Waals surface area (Å²) in [7, 11) is 4.14. The minimum Gasteiger partial charge on any atom is -0.506 e. The molecule has 10 nitrogen and oxygen atoms in total. The first-order chi connectivity index (χ1) is 20.2. The summed E-state index contributed by atoms with van der Waals surface area (Å²) in [6, 6.07) is 6.52. The zero-order valence-corrected chi connectivity index (χ0v) is 24.6. The van der Waals surface area contributed by atoms with Crippen molar-refractivity contribution in [2.45, 2.75) is 51.1 Å². The van der Waals surface area contributed by atoms with Gasteiger partial charge >= 0.3 is 6.01 Å². The van der Waals surface area contributed by atoms with Crippen LogP contribution in [0.2, 0.25) is 0 Å². The first kappa shape index (κ1) is 29.6. The van der Waals surface area contributed by atoms with Crippen molar-refractivity contribution in [1.29, 1.82) is 5.26 Å². The number of benzene rings is 1. The number of aromatic hydroxyl groups is 1. The van der Waals surface area contributed by atoms with Gasteiger partial charge in [-0.05, 0) is 58.0 Å². The molecule has 1 aromatic carbocycles. The number of phenols is 1. The lowest BCUT2D eigenvalue weighted by molar-refractivity contribution is -0.128. The van der Waals surface area contributed by atoms with Crippen LogP contribution in [0, 0.1) is 22.6 Å². The van der Waals surface area contributed by atoms with E-state index in [1.165, 1.54) is 30.7 Å². The molecule has 1 saturated carbocycles. The Labute approximate surface area is 247 Å². The van der Waals surface area contributed by atoms with Crippen LogP contribution in [0.5, 0.6) is 11.8 Å². The van der Waals surface area contributed by atoms with Gasteiger partial charge in [0, 0.05) is 43.7 Å². The number of aromatic nitrogens is 2. The molecular weight excluding hydrogens is 537 g/mol. The summed E-state index contributed by atoms with van der Waals surface area (Å²) in [5.41, 5.74) is 1.90. The first-order valence-corrected chi connectivity index (χ1v) is 14.7. The normalized spacial score (nSPS) is 19.9. The van der Waals surface area contributed by atoms with Crippen LogP contribution in [0.1, 0.15) is 43.4 Å². The summed E-state index contributed by atoms with van der Waals surface area (Å²) >= 11 is 0. The lowest BCUT2D eigenvalue weighted by Crippen LogP contribution is -2.55. The van der Waals surface area contributed by atoms with Crippen LogP contribution in [0.25, 0.3) is 0 Å². The number of hydrogen-bond acceptors (Lipinski definition) is 9. The number of fused-ring (bicyclic) bond motifs is 1. The van der Waals surface area contributed by atoms with Crippen LogP contribution in [0.3, 0.4) is 0 Å². The number of amides is 1. The molecule has 1 amide bonds. The number of para-hydroxylation sites is 1. The molecule has 11 heteroatoms. The Bertz CT molecular complexity index is 1340. The summed E-state index contributed by atoms with van der Waals surface area (Å²) in [5.74, 6) is -0.0460. The molecule has 3 heterocycles. The smallest absolute Gasteiger partial charge is 0.318 e. The van der Waals surface area contributed by atoms with Crippen molar-refractivity contribution in [2.24, 2.45) is 5.41 Å². The van der Waals surface area contributed by atoms with Crippen LogP contribution in [0.15, 0.2) is 30.9 Å². The highest BCUT2D eigenvalue weighted by atomic mass is 19.1. The fourth-order valence-electron chi connectivity index (χ4n) is 6.57. The van der Waals surface area contributed by atoms with Gasteiger partial charge in [0.2, 0.25) is 5.91 Å². The summed E-state index contributed by atoms with van der Waals surface area (Å²) in [4.78, 5) is 30.2. The fraction of sp³-hybridized carbons (Fsp3) is 0.548. The van der Waals surface area contributed by atoms with E-state index in [9.17, 15) is 19.6 Å².